The molecule has 0 aliphatic carbocycles. The van der Waals surface area contributed by atoms with Crippen LogP contribution in [0.1, 0.15) is 12.5 Å². The fraction of sp³-hybridized carbons (Fsp3) is 0.333. The summed E-state index contributed by atoms with van der Waals surface area (Å²) in [4.78, 5) is 22.7. The van der Waals surface area contributed by atoms with Crippen molar-refractivity contribution in [2.45, 2.75) is 19.4 Å². The van der Waals surface area contributed by atoms with Gasteiger partial charge >= 0.3 is 5.97 Å². The second-order valence-electron chi connectivity index (χ2n) is 4.22. The highest BCUT2D eigenvalue weighted by atomic mass is 16.5. The molecule has 0 spiro atoms. The van der Waals surface area contributed by atoms with Crippen molar-refractivity contribution in [2.24, 2.45) is 0 Å². The smallest absolute Gasteiger partial charge is 0.328 e. The minimum Gasteiger partial charge on any atom is -0.490 e. The van der Waals surface area contributed by atoms with Crippen molar-refractivity contribution >= 4 is 11.9 Å². The van der Waals surface area contributed by atoms with Crippen LogP contribution in [-0.4, -0.2) is 31.6 Å². The second kappa shape index (κ2) is 7.99. The van der Waals surface area contributed by atoms with Crippen LogP contribution in [0.4, 0.5) is 0 Å². The van der Waals surface area contributed by atoms with Gasteiger partial charge in [-0.3, -0.25) is 4.79 Å². The summed E-state index contributed by atoms with van der Waals surface area (Å²) < 4.78 is 10.0. The van der Waals surface area contributed by atoms with Gasteiger partial charge in [-0.2, -0.15) is 0 Å². The molecule has 0 unspecified atom stereocenters. The minimum atomic E-state index is -0.683. The van der Waals surface area contributed by atoms with Gasteiger partial charge in [-0.1, -0.05) is 24.8 Å². The largest absolute Gasteiger partial charge is 0.490 e. The molecule has 0 saturated heterocycles. The number of amides is 1. The second-order valence-corrected chi connectivity index (χ2v) is 4.22. The third-order valence-electron chi connectivity index (χ3n) is 2.59. The van der Waals surface area contributed by atoms with Gasteiger partial charge in [0.25, 0.3) is 0 Å². The Labute approximate surface area is 118 Å². The Morgan fingerprint density at radius 3 is 2.50 bits per heavy atom. The lowest BCUT2D eigenvalue weighted by Gasteiger charge is -2.15. The highest BCUT2D eigenvalue weighted by molar-refractivity contribution is 5.83. The van der Waals surface area contributed by atoms with Crippen molar-refractivity contribution in [2.75, 3.05) is 13.7 Å². The van der Waals surface area contributed by atoms with Crippen molar-refractivity contribution in [1.82, 2.24) is 5.32 Å². The topological polar surface area (TPSA) is 64.6 Å². The summed E-state index contributed by atoms with van der Waals surface area (Å²) in [6.07, 6.45) is 2.03. The van der Waals surface area contributed by atoms with Crippen LogP contribution in [-0.2, 0) is 20.7 Å². The first-order valence-electron chi connectivity index (χ1n) is 6.24. The molecule has 1 rings (SSSR count). The molecule has 1 aromatic carbocycles. The molecule has 0 aromatic heterocycles. The Bertz CT molecular complexity index is 467. The Hall–Kier alpha value is -2.30. The molecule has 0 aliphatic rings. The van der Waals surface area contributed by atoms with Crippen LogP contribution in [0.3, 0.4) is 0 Å². The first-order chi connectivity index (χ1) is 9.56. The summed E-state index contributed by atoms with van der Waals surface area (Å²) in [5.41, 5.74) is 0.903. The monoisotopic (exact) mass is 277 g/mol. The van der Waals surface area contributed by atoms with E-state index in [9.17, 15) is 9.59 Å². The third kappa shape index (κ3) is 5.14. The zero-order valence-electron chi connectivity index (χ0n) is 11.7. The zero-order chi connectivity index (χ0) is 15.0. The molecule has 0 aliphatic heterocycles. The molecule has 0 bridgehead atoms. The van der Waals surface area contributed by atoms with Crippen molar-refractivity contribution in [3.05, 3.63) is 42.5 Å². The molecule has 0 saturated carbocycles. The predicted octanol–water partition coefficient (Wildman–Crippen LogP) is 1.47. The maximum absolute atomic E-state index is 11.6. The normalized spacial score (nSPS) is 11.3. The number of hydrogen-bond donors (Lipinski definition) is 1. The SMILES string of the molecule is C=CCOc1ccc(C[C@H](NC(C)=O)C(=O)OC)cc1. The number of esters is 1. The van der Waals surface area contributed by atoms with E-state index in [-0.39, 0.29) is 5.91 Å². The maximum atomic E-state index is 11.6. The van der Waals surface area contributed by atoms with E-state index < -0.39 is 12.0 Å². The minimum absolute atomic E-state index is 0.272. The third-order valence-corrected chi connectivity index (χ3v) is 2.59. The standard InChI is InChI=1S/C15H19NO4/c1-4-9-20-13-7-5-12(6-8-13)10-14(15(18)19-3)16-11(2)17/h4-8,14H,1,9-10H2,2-3H3,(H,16,17)/t14-/m0/s1. The van der Waals surface area contributed by atoms with E-state index in [4.69, 9.17) is 4.74 Å². The van der Waals surface area contributed by atoms with Crippen LogP contribution in [0.5, 0.6) is 5.75 Å². The van der Waals surface area contributed by atoms with E-state index in [1.165, 1.54) is 14.0 Å². The first kappa shape index (κ1) is 15.8. The molecule has 0 heterocycles. The maximum Gasteiger partial charge on any atom is 0.328 e. The van der Waals surface area contributed by atoms with Crippen molar-refractivity contribution < 1.29 is 19.1 Å². The van der Waals surface area contributed by atoms with Gasteiger partial charge in [0.1, 0.15) is 18.4 Å². The van der Waals surface area contributed by atoms with E-state index in [0.29, 0.717) is 13.0 Å². The summed E-state index contributed by atoms with van der Waals surface area (Å²) in [6.45, 7) is 5.38. The molecule has 20 heavy (non-hydrogen) atoms. The number of rotatable bonds is 7. The number of ether oxygens (including phenoxy) is 2. The van der Waals surface area contributed by atoms with Gasteiger partial charge in [0.15, 0.2) is 0 Å². The summed E-state index contributed by atoms with van der Waals surface area (Å²) in [6, 6.07) is 6.62. The van der Waals surface area contributed by atoms with Gasteiger partial charge in [0.05, 0.1) is 7.11 Å². The Morgan fingerprint density at radius 2 is 2.00 bits per heavy atom. The van der Waals surface area contributed by atoms with Crippen molar-refractivity contribution in [3.8, 4) is 5.75 Å². The lowest BCUT2D eigenvalue weighted by Crippen LogP contribution is -2.41. The molecular weight excluding hydrogens is 258 g/mol. The van der Waals surface area contributed by atoms with E-state index in [1.54, 1.807) is 18.2 Å². The highest BCUT2D eigenvalue weighted by Crippen LogP contribution is 2.14. The fourth-order valence-electron chi connectivity index (χ4n) is 1.69. The molecule has 1 amide bonds. The molecule has 1 N–H and O–H groups in total. The zero-order valence-corrected chi connectivity index (χ0v) is 11.7. The summed E-state index contributed by atoms with van der Waals surface area (Å²) in [5.74, 6) is -0.0127. The molecule has 1 atom stereocenters. The van der Waals surface area contributed by atoms with E-state index in [1.807, 2.05) is 12.1 Å². The number of carbonyl (C=O) groups excluding carboxylic acids is 2. The Kier molecular flexibility index (Phi) is 6.29. The summed E-state index contributed by atoms with van der Waals surface area (Å²) in [5, 5.41) is 2.57. The fourth-order valence-corrected chi connectivity index (χ4v) is 1.69. The van der Waals surface area contributed by atoms with Gasteiger partial charge in [-0.25, -0.2) is 4.79 Å². The van der Waals surface area contributed by atoms with Crippen LogP contribution in [0.2, 0.25) is 0 Å². The Morgan fingerprint density at radius 1 is 1.35 bits per heavy atom. The molecule has 0 fully saturated rings. The first-order valence-corrected chi connectivity index (χ1v) is 6.24. The number of carbonyl (C=O) groups is 2. The van der Waals surface area contributed by atoms with Crippen LogP contribution in [0.25, 0.3) is 0 Å². The lowest BCUT2D eigenvalue weighted by atomic mass is 10.1. The average molecular weight is 277 g/mol. The van der Waals surface area contributed by atoms with Gasteiger partial charge in [0.2, 0.25) is 5.91 Å². The van der Waals surface area contributed by atoms with E-state index in [0.717, 1.165) is 11.3 Å². The van der Waals surface area contributed by atoms with Gasteiger partial charge in [0, 0.05) is 13.3 Å². The van der Waals surface area contributed by atoms with E-state index >= 15 is 0 Å². The van der Waals surface area contributed by atoms with Crippen LogP contribution in [0, 0.1) is 0 Å². The van der Waals surface area contributed by atoms with Crippen molar-refractivity contribution in [3.63, 3.8) is 0 Å². The van der Waals surface area contributed by atoms with E-state index in [2.05, 4.69) is 16.6 Å². The molecule has 0 radical (unpaired) electrons. The average Bonchev–Trinajstić information content (AvgIpc) is 2.44. The number of nitrogens with one attached hydrogen (secondary N) is 1. The highest BCUT2D eigenvalue weighted by Gasteiger charge is 2.20. The molecule has 108 valence electrons. The van der Waals surface area contributed by atoms with Crippen LogP contribution < -0.4 is 10.1 Å². The predicted molar refractivity (Wildman–Crippen MR) is 75.5 cm³/mol. The van der Waals surface area contributed by atoms with Gasteiger partial charge in [-0.05, 0) is 17.7 Å². The Balaban J connectivity index is 2.70. The van der Waals surface area contributed by atoms with Crippen LogP contribution >= 0.6 is 0 Å². The molecule has 1 aromatic rings. The molecular formula is C15H19NO4. The number of methoxy groups -OCH3 is 1. The van der Waals surface area contributed by atoms with Crippen molar-refractivity contribution in [1.29, 1.82) is 0 Å². The molecule has 5 heteroatoms. The van der Waals surface area contributed by atoms with Crippen LogP contribution in [0.15, 0.2) is 36.9 Å². The lowest BCUT2D eigenvalue weighted by molar-refractivity contribution is -0.144. The number of hydrogen-bond acceptors (Lipinski definition) is 4. The van der Waals surface area contributed by atoms with Gasteiger partial charge < -0.3 is 14.8 Å². The number of benzene rings is 1. The summed E-state index contributed by atoms with van der Waals surface area (Å²) >= 11 is 0. The van der Waals surface area contributed by atoms with Gasteiger partial charge in [-0.15, -0.1) is 0 Å². The molecule has 5 nitrogen and oxygen atoms in total. The summed E-state index contributed by atoms with van der Waals surface area (Å²) in [7, 11) is 1.30. The quantitative estimate of drug-likeness (QED) is 0.605.